The minimum atomic E-state index is -0.943. The molecule has 3 aromatic carbocycles. The summed E-state index contributed by atoms with van der Waals surface area (Å²) in [6.07, 6.45) is 0. The molecule has 0 aliphatic rings. The third-order valence-corrected chi connectivity index (χ3v) is 4.81. The van der Waals surface area contributed by atoms with Crippen LogP contribution in [0.4, 0.5) is 0 Å². The Balaban J connectivity index is 1.83. The predicted octanol–water partition coefficient (Wildman–Crippen LogP) is 3.96. The van der Waals surface area contributed by atoms with Crippen LogP contribution in [0.15, 0.2) is 66.7 Å². The molecule has 3 rings (SSSR count). The Kier molecular flexibility index (Phi) is 6.39. The van der Waals surface area contributed by atoms with E-state index in [1.54, 1.807) is 37.3 Å². The average molecular weight is 404 g/mol. The van der Waals surface area contributed by atoms with Crippen molar-refractivity contribution in [2.75, 3.05) is 0 Å². The molecule has 3 aromatic rings. The second kappa shape index (κ2) is 9.15. The summed E-state index contributed by atoms with van der Waals surface area (Å²) in [6.45, 7) is 2.99. The Hall–Kier alpha value is -3.77. The van der Waals surface area contributed by atoms with Crippen LogP contribution >= 0.6 is 0 Å². The van der Waals surface area contributed by atoms with Crippen LogP contribution in [0.2, 0.25) is 0 Å². The summed E-state index contributed by atoms with van der Waals surface area (Å²) in [5.41, 5.74) is 2.65. The quantitative estimate of drug-likeness (QED) is 0.393. The van der Waals surface area contributed by atoms with Crippen LogP contribution in [0.1, 0.15) is 53.3 Å². The van der Waals surface area contributed by atoms with E-state index in [2.05, 4.69) is 9.78 Å². The molecular formula is C24H20O6. The molecule has 0 amide bonds. The fourth-order valence-electron chi connectivity index (χ4n) is 3.11. The highest BCUT2D eigenvalue weighted by atomic mass is 17.2. The number of aliphatic hydroxyl groups excluding tert-OH is 1. The zero-order valence-corrected chi connectivity index (χ0v) is 16.5. The Morgan fingerprint density at radius 2 is 1.33 bits per heavy atom. The lowest BCUT2D eigenvalue weighted by molar-refractivity contribution is -0.187. The van der Waals surface area contributed by atoms with E-state index in [4.69, 9.17) is 0 Å². The summed E-state index contributed by atoms with van der Waals surface area (Å²) >= 11 is 0. The van der Waals surface area contributed by atoms with E-state index in [1.165, 1.54) is 24.3 Å². The van der Waals surface area contributed by atoms with Crippen molar-refractivity contribution in [1.29, 1.82) is 0 Å². The van der Waals surface area contributed by atoms with E-state index < -0.39 is 18.5 Å². The van der Waals surface area contributed by atoms with Gasteiger partial charge in [0.15, 0.2) is 5.78 Å². The van der Waals surface area contributed by atoms with Crippen molar-refractivity contribution in [2.45, 2.75) is 20.5 Å². The van der Waals surface area contributed by atoms with Crippen LogP contribution in [-0.4, -0.2) is 22.8 Å². The van der Waals surface area contributed by atoms with Crippen molar-refractivity contribution in [3.8, 4) is 0 Å². The zero-order valence-electron chi connectivity index (χ0n) is 16.5. The lowest BCUT2D eigenvalue weighted by Crippen LogP contribution is -2.16. The molecule has 6 heteroatoms. The molecule has 0 unspecified atom stereocenters. The van der Waals surface area contributed by atoms with Gasteiger partial charge in [0.05, 0.1) is 17.7 Å². The number of carbonyl (C=O) groups is 3. The van der Waals surface area contributed by atoms with Gasteiger partial charge >= 0.3 is 11.9 Å². The van der Waals surface area contributed by atoms with Gasteiger partial charge in [0, 0.05) is 11.1 Å². The normalized spacial score (nSPS) is 10.4. The van der Waals surface area contributed by atoms with Crippen LogP contribution in [0, 0.1) is 13.8 Å². The van der Waals surface area contributed by atoms with Crippen molar-refractivity contribution < 1.29 is 29.3 Å². The smallest absolute Gasteiger partial charge is 0.386 e. The van der Waals surface area contributed by atoms with Crippen LogP contribution in [0.25, 0.3) is 0 Å². The molecular weight excluding hydrogens is 384 g/mol. The largest absolute Gasteiger partial charge is 0.392 e. The minimum absolute atomic E-state index is 0.0113. The molecule has 0 atom stereocenters. The lowest BCUT2D eigenvalue weighted by atomic mass is 9.91. The fourth-order valence-corrected chi connectivity index (χ4v) is 3.11. The number of carbonyl (C=O) groups excluding carboxylic acids is 3. The van der Waals surface area contributed by atoms with Crippen LogP contribution in [0.3, 0.4) is 0 Å². The number of rotatable bonds is 5. The van der Waals surface area contributed by atoms with E-state index in [9.17, 15) is 19.5 Å². The number of benzene rings is 3. The van der Waals surface area contributed by atoms with Crippen LogP contribution in [-0.2, 0) is 16.4 Å². The van der Waals surface area contributed by atoms with Crippen molar-refractivity contribution >= 4 is 17.7 Å². The molecule has 0 fully saturated rings. The van der Waals surface area contributed by atoms with Gasteiger partial charge in [-0.05, 0) is 54.8 Å². The molecule has 0 radical (unpaired) electrons. The van der Waals surface area contributed by atoms with Crippen molar-refractivity contribution in [2.24, 2.45) is 0 Å². The molecule has 0 bridgehead atoms. The second-order valence-electron chi connectivity index (χ2n) is 6.67. The summed E-state index contributed by atoms with van der Waals surface area (Å²) in [5, 5.41) is 9.81. The molecule has 30 heavy (non-hydrogen) atoms. The summed E-state index contributed by atoms with van der Waals surface area (Å²) in [4.78, 5) is 46.6. The van der Waals surface area contributed by atoms with Crippen molar-refractivity contribution in [3.05, 3.63) is 106 Å². The molecule has 6 nitrogen and oxygen atoms in total. The SMILES string of the molecule is Cc1ccccc1C(=O)c1ccc(C(=O)OOC(=O)c2ccccc2)c(CO)c1C. The van der Waals surface area contributed by atoms with Gasteiger partial charge < -0.3 is 5.11 Å². The van der Waals surface area contributed by atoms with E-state index in [0.29, 0.717) is 16.7 Å². The highest BCUT2D eigenvalue weighted by Crippen LogP contribution is 2.24. The number of aliphatic hydroxyl groups is 1. The molecule has 0 aliphatic carbocycles. The first kappa shape index (κ1) is 21.0. The maximum atomic E-state index is 12.9. The average Bonchev–Trinajstić information content (AvgIpc) is 2.77. The van der Waals surface area contributed by atoms with Gasteiger partial charge in [-0.25, -0.2) is 19.4 Å². The summed E-state index contributed by atoms with van der Waals surface area (Å²) in [5.74, 6) is -1.98. The summed E-state index contributed by atoms with van der Waals surface area (Å²) < 4.78 is 0. The van der Waals surface area contributed by atoms with Gasteiger partial charge in [-0.3, -0.25) is 4.79 Å². The molecule has 0 heterocycles. The Morgan fingerprint density at radius 3 is 2.00 bits per heavy atom. The molecule has 0 spiro atoms. The molecule has 0 aromatic heterocycles. The highest BCUT2D eigenvalue weighted by molar-refractivity contribution is 6.11. The highest BCUT2D eigenvalue weighted by Gasteiger charge is 2.22. The molecule has 1 N–H and O–H groups in total. The molecule has 0 aliphatic heterocycles. The number of aryl methyl sites for hydroxylation is 1. The first-order chi connectivity index (χ1) is 14.4. The zero-order chi connectivity index (χ0) is 21.7. The first-order valence-electron chi connectivity index (χ1n) is 9.26. The number of ketones is 1. The lowest BCUT2D eigenvalue weighted by Gasteiger charge is -2.14. The van der Waals surface area contributed by atoms with E-state index in [1.807, 2.05) is 19.1 Å². The van der Waals surface area contributed by atoms with Crippen LogP contribution in [0.5, 0.6) is 0 Å². The predicted molar refractivity (Wildman–Crippen MR) is 109 cm³/mol. The topological polar surface area (TPSA) is 89.9 Å². The standard InChI is InChI=1S/C24H20O6/c1-15-8-6-7-11-18(15)22(26)19-12-13-20(21(14-25)16(19)2)24(28)30-29-23(27)17-9-4-3-5-10-17/h3-13,25H,14H2,1-2H3. The molecule has 0 saturated carbocycles. The van der Waals surface area contributed by atoms with Gasteiger partial charge in [-0.15, -0.1) is 0 Å². The summed E-state index contributed by atoms with van der Waals surface area (Å²) in [7, 11) is 0. The van der Waals surface area contributed by atoms with E-state index in [-0.39, 0.29) is 22.5 Å². The maximum absolute atomic E-state index is 12.9. The third kappa shape index (κ3) is 4.29. The fraction of sp³-hybridized carbons (Fsp3) is 0.125. The Labute approximate surface area is 173 Å². The van der Waals surface area contributed by atoms with Gasteiger partial charge in [0.1, 0.15) is 0 Å². The first-order valence-corrected chi connectivity index (χ1v) is 9.26. The molecule has 152 valence electrons. The second-order valence-corrected chi connectivity index (χ2v) is 6.67. The Morgan fingerprint density at radius 1 is 0.733 bits per heavy atom. The Bertz CT molecular complexity index is 1100. The third-order valence-electron chi connectivity index (χ3n) is 4.81. The van der Waals surface area contributed by atoms with Gasteiger partial charge in [0.25, 0.3) is 0 Å². The number of hydrogen-bond acceptors (Lipinski definition) is 6. The molecule has 0 saturated heterocycles. The van der Waals surface area contributed by atoms with Gasteiger partial charge in [0.2, 0.25) is 0 Å². The number of hydrogen-bond donors (Lipinski definition) is 1. The van der Waals surface area contributed by atoms with Crippen molar-refractivity contribution in [3.63, 3.8) is 0 Å². The van der Waals surface area contributed by atoms with E-state index in [0.717, 1.165) is 5.56 Å². The minimum Gasteiger partial charge on any atom is -0.392 e. The van der Waals surface area contributed by atoms with Gasteiger partial charge in [-0.1, -0.05) is 42.5 Å². The van der Waals surface area contributed by atoms with Crippen LogP contribution < -0.4 is 0 Å². The monoisotopic (exact) mass is 404 g/mol. The van der Waals surface area contributed by atoms with E-state index >= 15 is 0 Å². The maximum Gasteiger partial charge on any atom is 0.386 e. The van der Waals surface area contributed by atoms with Crippen molar-refractivity contribution in [1.82, 2.24) is 0 Å². The van der Waals surface area contributed by atoms with Gasteiger partial charge in [-0.2, -0.15) is 0 Å². The summed E-state index contributed by atoms with van der Waals surface area (Å²) in [6, 6.07) is 18.1.